The Balaban J connectivity index is 4.17. The third-order valence-corrected chi connectivity index (χ3v) is 1.74. The molecule has 0 rings (SSSR count). The standard InChI is InChI=1S/C13H20O/c1-5-6-7-8-12(11-14)9-10-13(2,3)4/h5-8H2,1-4H3. The second-order valence-electron chi connectivity index (χ2n) is 4.54. The average Bonchev–Trinajstić information content (AvgIpc) is 2.09. The van der Waals surface area contributed by atoms with Crippen molar-refractivity contribution >= 4 is 5.94 Å². The highest BCUT2D eigenvalue weighted by molar-refractivity contribution is 5.60. The molecular formula is C13H20O. The van der Waals surface area contributed by atoms with E-state index in [1.165, 1.54) is 6.42 Å². The van der Waals surface area contributed by atoms with Crippen molar-refractivity contribution in [2.45, 2.75) is 53.4 Å². The minimum Gasteiger partial charge on any atom is -0.232 e. The third-order valence-electron chi connectivity index (χ3n) is 1.74. The minimum absolute atomic E-state index is 0.0349. The van der Waals surface area contributed by atoms with Crippen LogP contribution in [0.4, 0.5) is 0 Å². The summed E-state index contributed by atoms with van der Waals surface area (Å²) in [6.45, 7) is 8.25. The largest absolute Gasteiger partial charge is 0.232 e. The molecule has 0 heterocycles. The van der Waals surface area contributed by atoms with Crippen molar-refractivity contribution in [3.63, 3.8) is 0 Å². The van der Waals surface area contributed by atoms with E-state index in [1.54, 1.807) is 0 Å². The predicted octanol–water partition coefficient (Wildman–Crippen LogP) is 3.37. The average molecular weight is 192 g/mol. The fourth-order valence-corrected chi connectivity index (χ4v) is 0.954. The normalized spacial score (nSPS) is 10.0. The van der Waals surface area contributed by atoms with Gasteiger partial charge in [-0.25, -0.2) is 4.79 Å². The van der Waals surface area contributed by atoms with Crippen LogP contribution in [0.15, 0.2) is 5.57 Å². The second-order valence-corrected chi connectivity index (χ2v) is 4.54. The van der Waals surface area contributed by atoms with Gasteiger partial charge in [0.2, 0.25) is 0 Å². The summed E-state index contributed by atoms with van der Waals surface area (Å²) < 4.78 is 0. The van der Waals surface area contributed by atoms with Crippen molar-refractivity contribution < 1.29 is 4.79 Å². The topological polar surface area (TPSA) is 17.1 Å². The summed E-state index contributed by atoms with van der Waals surface area (Å²) in [7, 11) is 0. The molecule has 0 amide bonds. The number of hydrogen-bond acceptors (Lipinski definition) is 1. The monoisotopic (exact) mass is 192 g/mol. The molecule has 0 saturated heterocycles. The van der Waals surface area contributed by atoms with Gasteiger partial charge in [-0.3, -0.25) is 0 Å². The van der Waals surface area contributed by atoms with Crippen molar-refractivity contribution in [2.75, 3.05) is 0 Å². The van der Waals surface area contributed by atoms with E-state index >= 15 is 0 Å². The van der Waals surface area contributed by atoms with E-state index in [9.17, 15) is 4.79 Å². The van der Waals surface area contributed by atoms with Gasteiger partial charge in [0.05, 0.1) is 5.57 Å². The Hall–Kier alpha value is -0.990. The summed E-state index contributed by atoms with van der Waals surface area (Å²) >= 11 is 0. The van der Waals surface area contributed by atoms with Crippen molar-refractivity contribution in [1.82, 2.24) is 0 Å². The first-order chi connectivity index (χ1) is 6.49. The molecular weight excluding hydrogens is 172 g/mol. The smallest absolute Gasteiger partial charge is 0.137 e. The maximum absolute atomic E-state index is 10.6. The summed E-state index contributed by atoms with van der Waals surface area (Å²) in [5, 5.41) is 0. The van der Waals surface area contributed by atoms with Gasteiger partial charge >= 0.3 is 0 Å². The SMILES string of the molecule is CCCCCC(=C=O)C#CC(C)(C)C. The molecule has 0 aromatic carbocycles. The van der Waals surface area contributed by atoms with Crippen molar-refractivity contribution in [2.24, 2.45) is 5.41 Å². The van der Waals surface area contributed by atoms with Gasteiger partial charge in [0.25, 0.3) is 0 Å². The molecule has 0 bridgehead atoms. The van der Waals surface area contributed by atoms with Gasteiger partial charge in [0.15, 0.2) is 0 Å². The van der Waals surface area contributed by atoms with Crippen molar-refractivity contribution in [1.29, 1.82) is 0 Å². The molecule has 0 saturated carbocycles. The Morgan fingerprint density at radius 2 is 1.86 bits per heavy atom. The van der Waals surface area contributed by atoms with Crippen LogP contribution < -0.4 is 0 Å². The van der Waals surface area contributed by atoms with Crippen LogP contribution in [-0.4, -0.2) is 5.94 Å². The quantitative estimate of drug-likeness (QED) is 0.379. The van der Waals surface area contributed by atoms with Crippen LogP contribution in [0.3, 0.4) is 0 Å². The Kier molecular flexibility index (Phi) is 6.00. The molecule has 0 aliphatic heterocycles. The molecule has 0 fully saturated rings. The first-order valence-electron chi connectivity index (χ1n) is 5.26. The predicted molar refractivity (Wildman–Crippen MR) is 60.6 cm³/mol. The highest BCUT2D eigenvalue weighted by Crippen LogP contribution is 2.11. The molecule has 0 spiro atoms. The summed E-state index contributed by atoms with van der Waals surface area (Å²) in [6, 6.07) is 0. The zero-order chi connectivity index (χ0) is 11.0. The lowest BCUT2D eigenvalue weighted by molar-refractivity contribution is 0.565. The Morgan fingerprint density at radius 1 is 1.21 bits per heavy atom. The zero-order valence-electron chi connectivity index (χ0n) is 9.74. The molecule has 0 atom stereocenters. The lowest BCUT2D eigenvalue weighted by Gasteiger charge is -2.06. The maximum atomic E-state index is 10.6. The Bertz CT molecular complexity index is 264. The van der Waals surface area contributed by atoms with Crippen LogP contribution in [0.25, 0.3) is 0 Å². The molecule has 1 nitrogen and oxygen atoms in total. The van der Waals surface area contributed by atoms with Crippen LogP contribution >= 0.6 is 0 Å². The first-order valence-corrected chi connectivity index (χ1v) is 5.26. The molecule has 1 heteroatoms. The van der Waals surface area contributed by atoms with Gasteiger partial charge in [-0.15, -0.1) is 0 Å². The van der Waals surface area contributed by atoms with Crippen LogP contribution in [0.1, 0.15) is 53.4 Å². The summed E-state index contributed by atoms with van der Waals surface area (Å²) in [4.78, 5) is 10.6. The van der Waals surface area contributed by atoms with Gasteiger partial charge in [-0.05, 0) is 33.6 Å². The molecule has 0 aromatic heterocycles. The number of allylic oxidation sites excluding steroid dienone is 1. The second kappa shape index (κ2) is 6.46. The maximum Gasteiger partial charge on any atom is 0.137 e. The van der Waals surface area contributed by atoms with Crippen LogP contribution in [0, 0.1) is 17.3 Å². The lowest BCUT2D eigenvalue weighted by atomic mass is 9.97. The van der Waals surface area contributed by atoms with Gasteiger partial charge in [0.1, 0.15) is 5.94 Å². The van der Waals surface area contributed by atoms with E-state index < -0.39 is 0 Å². The zero-order valence-corrected chi connectivity index (χ0v) is 9.74. The molecule has 14 heavy (non-hydrogen) atoms. The Morgan fingerprint density at radius 3 is 2.29 bits per heavy atom. The molecule has 0 aliphatic rings. The van der Waals surface area contributed by atoms with Crippen molar-refractivity contribution in [3.05, 3.63) is 5.57 Å². The number of hydrogen-bond donors (Lipinski definition) is 0. The van der Waals surface area contributed by atoms with Gasteiger partial charge in [-0.1, -0.05) is 31.6 Å². The highest BCUT2D eigenvalue weighted by Gasteiger charge is 2.04. The third kappa shape index (κ3) is 7.65. The minimum atomic E-state index is -0.0349. The molecule has 0 unspecified atom stereocenters. The van der Waals surface area contributed by atoms with Crippen molar-refractivity contribution in [3.8, 4) is 11.8 Å². The van der Waals surface area contributed by atoms with E-state index in [0.29, 0.717) is 5.57 Å². The number of carbonyl (C=O) groups excluding carboxylic acids is 1. The number of rotatable bonds is 4. The molecule has 0 aliphatic carbocycles. The van der Waals surface area contributed by atoms with E-state index in [0.717, 1.165) is 19.3 Å². The van der Waals surface area contributed by atoms with Gasteiger partial charge < -0.3 is 0 Å². The van der Waals surface area contributed by atoms with Crippen LogP contribution in [0.2, 0.25) is 0 Å². The first kappa shape index (κ1) is 13.0. The van der Waals surface area contributed by atoms with E-state index in [-0.39, 0.29) is 5.41 Å². The van der Waals surface area contributed by atoms with Gasteiger partial charge in [0, 0.05) is 5.41 Å². The fraction of sp³-hybridized carbons (Fsp3) is 0.692. The molecule has 0 radical (unpaired) electrons. The summed E-state index contributed by atoms with van der Waals surface area (Å²) in [6.07, 6.45) is 4.14. The fourth-order valence-electron chi connectivity index (χ4n) is 0.954. The molecule has 0 N–H and O–H groups in total. The van der Waals surface area contributed by atoms with E-state index in [4.69, 9.17) is 0 Å². The summed E-state index contributed by atoms with van der Waals surface area (Å²) in [5.74, 6) is 7.89. The highest BCUT2D eigenvalue weighted by atomic mass is 16.1. The van der Waals surface area contributed by atoms with E-state index in [2.05, 4.69) is 18.8 Å². The molecule has 0 aromatic rings. The van der Waals surface area contributed by atoms with Crippen LogP contribution in [-0.2, 0) is 4.79 Å². The van der Waals surface area contributed by atoms with Gasteiger partial charge in [-0.2, -0.15) is 0 Å². The van der Waals surface area contributed by atoms with Crippen LogP contribution in [0.5, 0.6) is 0 Å². The Labute approximate surface area is 87.6 Å². The van der Waals surface area contributed by atoms with E-state index in [1.807, 2.05) is 26.7 Å². The molecule has 78 valence electrons. The lowest BCUT2D eigenvalue weighted by Crippen LogP contribution is -1.99. The summed E-state index contributed by atoms with van der Waals surface area (Å²) in [5.41, 5.74) is 0.584. The number of unbranched alkanes of at least 4 members (excludes halogenated alkanes) is 2.